The zero-order valence-electron chi connectivity index (χ0n) is 18.2. The minimum absolute atomic E-state index is 0.0458. The quantitative estimate of drug-likeness (QED) is 0.590. The van der Waals surface area contributed by atoms with Gasteiger partial charge in [-0.1, -0.05) is 30.3 Å². The normalized spacial score (nSPS) is 19.0. The van der Waals surface area contributed by atoms with E-state index in [4.69, 9.17) is 4.98 Å². The molecule has 2 aliphatic rings. The highest BCUT2D eigenvalue weighted by molar-refractivity contribution is 7.18. The molecule has 166 valence electrons. The standard InChI is InChI=1S/C25H28N4O2S/c30-23(28-17-15-27(16-18-28)19-7-2-1-3-8-19)12-13-24(31)29-14-6-10-21(29)25-26-20-9-4-5-11-22(20)32-25/h1-5,7-9,11,21H,6,10,12-18H2. The Balaban J connectivity index is 1.14. The number of hydrogen-bond donors (Lipinski definition) is 0. The molecule has 0 saturated carbocycles. The lowest BCUT2D eigenvalue weighted by Crippen LogP contribution is -2.49. The van der Waals surface area contributed by atoms with Crippen molar-refractivity contribution in [3.05, 3.63) is 59.6 Å². The molecule has 1 atom stereocenters. The minimum Gasteiger partial charge on any atom is -0.368 e. The van der Waals surface area contributed by atoms with Crippen LogP contribution in [0.15, 0.2) is 54.6 Å². The molecule has 0 spiro atoms. The topological polar surface area (TPSA) is 56.8 Å². The Hall–Kier alpha value is -2.93. The molecule has 2 aliphatic heterocycles. The van der Waals surface area contributed by atoms with Crippen LogP contribution in [0.1, 0.15) is 36.7 Å². The summed E-state index contributed by atoms with van der Waals surface area (Å²) in [5.41, 5.74) is 2.20. The van der Waals surface area contributed by atoms with E-state index in [2.05, 4.69) is 23.1 Å². The number of amides is 2. The number of anilines is 1. The maximum Gasteiger partial charge on any atom is 0.223 e. The fraction of sp³-hybridized carbons (Fsp3) is 0.400. The van der Waals surface area contributed by atoms with Crippen LogP contribution in [-0.2, 0) is 9.59 Å². The lowest BCUT2D eigenvalue weighted by atomic mass is 10.2. The molecule has 2 amide bonds. The van der Waals surface area contributed by atoms with Crippen molar-refractivity contribution in [3.63, 3.8) is 0 Å². The van der Waals surface area contributed by atoms with E-state index in [1.165, 1.54) is 5.69 Å². The molecule has 2 saturated heterocycles. The summed E-state index contributed by atoms with van der Waals surface area (Å²) in [4.78, 5) is 36.7. The first-order valence-electron chi connectivity index (χ1n) is 11.4. The van der Waals surface area contributed by atoms with Crippen molar-refractivity contribution in [2.75, 3.05) is 37.6 Å². The van der Waals surface area contributed by atoms with Crippen LogP contribution < -0.4 is 4.90 Å². The zero-order valence-corrected chi connectivity index (χ0v) is 19.0. The van der Waals surface area contributed by atoms with Crippen LogP contribution >= 0.6 is 11.3 Å². The van der Waals surface area contributed by atoms with Gasteiger partial charge in [0, 0.05) is 51.3 Å². The highest BCUT2D eigenvalue weighted by Gasteiger charge is 2.32. The molecule has 7 heteroatoms. The Labute approximate surface area is 192 Å². The number of para-hydroxylation sites is 2. The minimum atomic E-state index is 0.0458. The third-order valence-corrected chi connectivity index (χ3v) is 7.61. The summed E-state index contributed by atoms with van der Waals surface area (Å²) in [5, 5.41) is 1.01. The van der Waals surface area contributed by atoms with E-state index >= 15 is 0 Å². The fourth-order valence-corrected chi connectivity index (χ4v) is 5.84. The van der Waals surface area contributed by atoms with Gasteiger partial charge in [0.05, 0.1) is 16.3 Å². The number of carbonyl (C=O) groups is 2. The Morgan fingerprint density at radius 2 is 1.59 bits per heavy atom. The second-order valence-electron chi connectivity index (χ2n) is 8.47. The average molecular weight is 449 g/mol. The van der Waals surface area contributed by atoms with Crippen LogP contribution in [0.25, 0.3) is 10.2 Å². The largest absolute Gasteiger partial charge is 0.368 e. The van der Waals surface area contributed by atoms with Gasteiger partial charge in [-0.25, -0.2) is 4.98 Å². The molecule has 2 aromatic carbocycles. The second-order valence-corrected chi connectivity index (χ2v) is 9.53. The molecular formula is C25H28N4O2S. The van der Waals surface area contributed by atoms with Crippen molar-refractivity contribution >= 4 is 39.1 Å². The SMILES string of the molecule is O=C(CCC(=O)N1CCCC1c1nc2ccccc2s1)N1CCN(c2ccccc2)CC1. The number of benzene rings is 2. The van der Waals surface area contributed by atoms with Gasteiger partial charge in [-0.2, -0.15) is 0 Å². The third kappa shape index (κ3) is 4.35. The number of hydrogen-bond acceptors (Lipinski definition) is 5. The number of aromatic nitrogens is 1. The van der Waals surface area contributed by atoms with Crippen LogP contribution in [-0.4, -0.2) is 59.3 Å². The average Bonchev–Trinajstić information content (AvgIpc) is 3.50. The first kappa shape index (κ1) is 20.9. The molecule has 32 heavy (non-hydrogen) atoms. The Bertz CT molecular complexity index is 1060. The number of carbonyl (C=O) groups excluding carboxylic acids is 2. The number of thiazole rings is 1. The number of nitrogens with zero attached hydrogens (tertiary/aromatic N) is 4. The predicted molar refractivity (Wildman–Crippen MR) is 128 cm³/mol. The Morgan fingerprint density at radius 3 is 2.38 bits per heavy atom. The van der Waals surface area contributed by atoms with Crippen molar-refractivity contribution in [1.82, 2.24) is 14.8 Å². The molecule has 5 rings (SSSR count). The van der Waals surface area contributed by atoms with Gasteiger partial charge in [0.15, 0.2) is 0 Å². The summed E-state index contributed by atoms with van der Waals surface area (Å²) in [6, 6.07) is 18.5. The number of rotatable bonds is 5. The van der Waals surface area contributed by atoms with Crippen LogP contribution in [0.4, 0.5) is 5.69 Å². The second kappa shape index (κ2) is 9.28. The van der Waals surface area contributed by atoms with Gasteiger partial charge in [-0.15, -0.1) is 11.3 Å². The molecule has 2 fully saturated rings. The van der Waals surface area contributed by atoms with E-state index in [0.717, 1.165) is 47.7 Å². The van der Waals surface area contributed by atoms with E-state index in [-0.39, 0.29) is 30.7 Å². The van der Waals surface area contributed by atoms with Gasteiger partial charge in [0.2, 0.25) is 11.8 Å². The first-order valence-corrected chi connectivity index (χ1v) is 12.2. The van der Waals surface area contributed by atoms with Gasteiger partial charge in [-0.05, 0) is 37.1 Å². The van der Waals surface area contributed by atoms with E-state index in [0.29, 0.717) is 13.1 Å². The van der Waals surface area contributed by atoms with Gasteiger partial charge in [-0.3, -0.25) is 9.59 Å². The van der Waals surface area contributed by atoms with Gasteiger partial charge >= 0.3 is 0 Å². The molecule has 0 N–H and O–H groups in total. The summed E-state index contributed by atoms with van der Waals surface area (Å²) >= 11 is 1.68. The molecule has 3 aromatic rings. The Kier molecular flexibility index (Phi) is 6.08. The monoisotopic (exact) mass is 448 g/mol. The molecule has 0 aliphatic carbocycles. The van der Waals surface area contributed by atoms with E-state index in [9.17, 15) is 9.59 Å². The third-order valence-electron chi connectivity index (χ3n) is 6.48. The van der Waals surface area contributed by atoms with Gasteiger partial charge in [0.1, 0.15) is 5.01 Å². The maximum atomic E-state index is 13.0. The molecule has 1 aromatic heterocycles. The highest BCUT2D eigenvalue weighted by Crippen LogP contribution is 2.36. The van der Waals surface area contributed by atoms with Crippen molar-refractivity contribution in [3.8, 4) is 0 Å². The van der Waals surface area contributed by atoms with Crippen molar-refractivity contribution in [2.45, 2.75) is 31.7 Å². The molecule has 3 heterocycles. The molecule has 0 bridgehead atoms. The van der Waals surface area contributed by atoms with Crippen LogP contribution in [0, 0.1) is 0 Å². The number of likely N-dealkylation sites (tertiary alicyclic amines) is 1. The first-order chi connectivity index (χ1) is 15.7. The van der Waals surface area contributed by atoms with Crippen LogP contribution in [0.5, 0.6) is 0 Å². The fourth-order valence-electron chi connectivity index (χ4n) is 4.72. The predicted octanol–water partition coefficient (Wildman–Crippen LogP) is 4.09. The number of piperazine rings is 1. The van der Waals surface area contributed by atoms with Crippen molar-refractivity contribution in [2.24, 2.45) is 0 Å². The molecule has 6 nitrogen and oxygen atoms in total. The van der Waals surface area contributed by atoms with E-state index in [1.807, 2.05) is 46.2 Å². The molecular weight excluding hydrogens is 420 g/mol. The summed E-state index contributed by atoms with van der Waals surface area (Å²) in [7, 11) is 0. The summed E-state index contributed by atoms with van der Waals surface area (Å²) in [5.74, 6) is 0.157. The van der Waals surface area contributed by atoms with Crippen molar-refractivity contribution < 1.29 is 9.59 Å². The molecule has 0 radical (unpaired) electrons. The Morgan fingerprint density at radius 1 is 0.875 bits per heavy atom. The van der Waals surface area contributed by atoms with E-state index in [1.54, 1.807) is 11.3 Å². The smallest absolute Gasteiger partial charge is 0.223 e. The zero-order chi connectivity index (χ0) is 21.9. The maximum absolute atomic E-state index is 13.0. The van der Waals surface area contributed by atoms with Gasteiger partial charge in [0.25, 0.3) is 0 Å². The summed E-state index contributed by atoms with van der Waals surface area (Å²) in [6.45, 7) is 3.83. The van der Waals surface area contributed by atoms with Crippen molar-refractivity contribution in [1.29, 1.82) is 0 Å². The van der Waals surface area contributed by atoms with Crippen LogP contribution in [0.2, 0.25) is 0 Å². The summed E-state index contributed by atoms with van der Waals surface area (Å²) < 4.78 is 1.16. The summed E-state index contributed by atoms with van der Waals surface area (Å²) in [6.07, 6.45) is 2.50. The van der Waals surface area contributed by atoms with Crippen LogP contribution in [0.3, 0.4) is 0 Å². The lowest BCUT2D eigenvalue weighted by molar-refractivity contribution is -0.137. The lowest BCUT2D eigenvalue weighted by Gasteiger charge is -2.36. The highest BCUT2D eigenvalue weighted by atomic mass is 32.1. The number of fused-ring (bicyclic) bond motifs is 1. The van der Waals surface area contributed by atoms with Gasteiger partial charge < -0.3 is 14.7 Å². The van der Waals surface area contributed by atoms with E-state index < -0.39 is 0 Å². The molecule has 1 unspecified atom stereocenters.